The van der Waals surface area contributed by atoms with Crippen LogP contribution in [0.5, 0.6) is 0 Å². The number of rotatable bonds is 4. The monoisotopic (exact) mass is 278 g/mol. The number of halogens is 1. The molecule has 6 heteroatoms. The summed E-state index contributed by atoms with van der Waals surface area (Å²) in [6.45, 7) is 3.65. The number of hydrogen-bond acceptors (Lipinski definition) is 2. The molecule has 1 aliphatic rings. The highest BCUT2D eigenvalue weighted by Crippen LogP contribution is 2.29. The van der Waals surface area contributed by atoms with E-state index in [-0.39, 0.29) is 6.54 Å². The number of nitrogens with zero attached hydrogens (tertiary/aromatic N) is 2. The number of aliphatic carboxylic acids is 1. The lowest BCUT2D eigenvalue weighted by Gasteiger charge is -2.26. The minimum absolute atomic E-state index is 0.131. The third-order valence-corrected chi connectivity index (χ3v) is 3.12. The number of hydrogen-bond donors (Lipinski definition) is 1. The van der Waals surface area contributed by atoms with E-state index in [4.69, 9.17) is 5.11 Å². The van der Waals surface area contributed by atoms with Crippen molar-refractivity contribution in [1.29, 1.82) is 0 Å². The third kappa shape index (κ3) is 2.79. The number of carboxylic acids is 1. The quantitative estimate of drug-likeness (QED) is 0.855. The molecule has 2 rings (SSSR count). The SMILES string of the molecule is C=CCN(CC(=O)O)C(=O)N1CCc2ccc(F)cc21. The van der Waals surface area contributed by atoms with Crippen LogP contribution >= 0.6 is 0 Å². The van der Waals surface area contributed by atoms with Crippen molar-refractivity contribution in [3.05, 3.63) is 42.2 Å². The van der Waals surface area contributed by atoms with Crippen LogP contribution in [0.25, 0.3) is 0 Å². The zero-order chi connectivity index (χ0) is 14.7. The molecule has 1 aromatic carbocycles. The maximum Gasteiger partial charge on any atom is 0.325 e. The standard InChI is InChI=1S/C14H15FN2O3/c1-2-6-16(9-13(18)19)14(20)17-7-5-10-3-4-11(15)8-12(10)17/h2-4,8H,1,5-7,9H2,(H,18,19). The molecule has 20 heavy (non-hydrogen) atoms. The van der Waals surface area contributed by atoms with Crippen molar-refractivity contribution in [3.63, 3.8) is 0 Å². The summed E-state index contributed by atoms with van der Waals surface area (Å²) in [4.78, 5) is 25.7. The number of carboxylic acid groups (broad SMARTS) is 1. The van der Waals surface area contributed by atoms with Crippen molar-refractivity contribution in [2.45, 2.75) is 6.42 Å². The molecule has 1 heterocycles. The van der Waals surface area contributed by atoms with Crippen LogP contribution in [-0.2, 0) is 11.2 Å². The Hall–Kier alpha value is -2.37. The summed E-state index contributed by atoms with van der Waals surface area (Å²) >= 11 is 0. The van der Waals surface area contributed by atoms with E-state index in [1.807, 2.05) is 0 Å². The molecule has 0 atom stereocenters. The summed E-state index contributed by atoms with van der Waals surface area (Å²) in [7, 11) is 0. The minimum atomic E-state index is -1.10. The summed E-state index contributed by atoms with van der Waals surface area (Å²) in [6, 6.07) is 3.85. The van der Waals surface area contributed by atoms with E-state index in [0.29, 0.717) is 18.7 Å². The lowest BCUT2D eigenvalue weighted by molar-refractivity contribution is -0.137. The summed E-state index contributed by atoms with van der Waals surface area (Å²) in [5.74, 6) is -1.52. The number of carbonyl (C=O) groups excluding carboxylic acids is 1. The van der Waals surface area contributed by atoms with Crippen molar-refractivity contribution in [2.75, 3.05) is 24.5 Å². The third-order valence-electron chi connectivity index (χ3n) is 3.12. The van der Waals surface area contributed by atoms with Crippen molar-refractivity contribution >= 4 is 17.7 Å². The second kappa shape index (κ2) is 5.73. The Labute approximate surface area is 115 Å². The van der Waals surface area contributed by atoms with Crippen molar-refractivity contribution < 1.29 is 19.1 Å². The molecule has 0 radical (unpaired) electrons. The Morgan fingerprint density at radius 1 is 1.50 bits per heavy atom. The van der Waals surface area contributed by atoms with Gasteiger partial charge in [0, 0.05) is 13.1 Å². The molecule has 1 aromatic rings. The average molecular weight is 278 g/mol. The predicted octanol–water partition coefficient (Wildman–Crippen LogP) is 1.88. The molecule has 0 spiro atoms. The first-order valence-electron chi connectivity index (χ1n) is 6.20. The number of amides is 2. The maximum atomic E-state index is 13.3. The molecule has 0 saturated heterocycles. The summed E-state index contributed by atoms with van der Waals surface area (Å²) < 4.78 is 13.3. The highest BCUT2D eigenvalue weighted by molar-refractivity contribution is 5.95. The van der Waals surface area contributed by atoms with Crippen LogP contribution in [0.1, 0.15) is 5.56 Å². The van der Waals surface area contributed by atoms with Gasteiger partial charge in [0.2, 0.25) is 0 Å². The first-order chi connectivity index (χ1) is 9.52. The van der Waals surface area contributed by atoms with Gasteiger partial charge in [-0.25, -0.2) is 9.18 Å². The second-order valence-corrected chi connectivity index (χ2v) is 4.52. The van der Waals surface area contributed by atoms with E-state index in [0.717, 1.165) is 10.5 Å². The highest BCUT2D eigenvalue weighted by Gasteiger charge is 2.29. The molecule has 106 valence electrons. The smallest absolute Gasteiger partial charge is 0.325 e. The molecule has 0 bridgehead atoms. The van der Waals surface area contributed by atoms with Crippen molar-refractivity contribution in [2.24, 2.45) is 0 Å². The molecule has 1 N–H and O–H groups in total. The van der Waals surface area contributed by atoms with E-state index < -0.39 is 24.4 Å². The zero-order valence-corrected chi connectivity index (χ0v) is 10.9. The van der Waals surface area contributed by atoms with Crippen LogP contribution in [-0.4, -0.2) is 41.6 Å². The minimum Gasteiger partial charge on any atom is -0.480 e. The Kier molecular flexibility index (Phi) is 4.02. The number of fused-ring (bicyclic) bond motifs is 1. The number of anilines is 1. The fourth-order valence-electron chi connectivity index (χ4n) is 2.25. The van der Waals surface area contributed by atoms with Crippen molar-refractivity contribution in [3.8, 4) is 0 Å². The van der Waals surface area contributed by atoms with Crippen LogP contribution in [0.3, 0.4) is 0 Å². The Morgan fingerprint density at radius 3 is 2.90 bits per heavy atom. The molecule has 5 nitrogen and oxygen atoms in total. The van der Waals surface area contributed by atoms with Crippen LogP contribution in [0, 0.1) is 5.82 Å². The van der Waals surface area contributed by atoms with Crippen LogP contribution in [0.15, 0.2) is 30.9 Å². The molecule has 0 saturated carbocycles. The largest absolute Gasteiger partial charge is 0.480 e. The van der Waals surface area contributed by atoms with Gasteiger partial charge in [0.05, 0.1) is 5.69 Å². The molecule has 0 unspecified atom stereocenters. The molecule has 1 aliphatic heterocycles. The van der Waals surface area contributed by atoms with Gasteiger partial charge in [-0.1, -0.05) is 12.1 Å². The summed E-state index contributed by atoms with van der Waals surface area (Å²) in [5.41, 5.74) is 1.39. The van der Waals surface area contributed by atoms with Gasteiger partial charge >= 0.3 is 12.0 Å². The van der Waals surface area contributed by atoms with Gasteiger partial charge in [0.1, 0.15) is 12.4 Å². The second-order valence-electron chi connectivity index (χ2n) is 4.52. The van der Waals surface area contributed by atoms with E-state index >= 15 is 0 Å². The maximum absolute atomic E-state index is 13.3. The lowest BCUT2D eigenvalue weighted by atomic mass is 10.2. The summed E-state index contributed by atoms with van der Waals surface area (Å²) in [6.07, 6.45) is 2.10. The first kappa shape index (κ1) is 14.0. The topological polar surface area (TPSA) is 60.9 Å². The van der Waals surface area contributed by atoms with E-state index in [9.17, 15) is 14.0 Å². The van der Waals surface area contributed by atoms with Crippen LogP contribution in [0.2, 0.25) is 0 Å². The Bertz CT molecular complexity index is 559. The highest BCUT2D eigenvalue weighted by atomic mass is 19.1. The van der Waals surface area contributed by atoms with Gasteiger partial charge < -0.3 is 10.0 Å². The molecule has 0 fully saturated rings. The Morgan fingerprint density at radius 2 is 2.25 bits per heavy atom. The van der Waals surface area contributed by atoms with Gasteiger partial charge in [-0.2, -0.15) is 0 Å². The van der Waals surface area contributed by atoms with E-state index in [1.165, 1.54) is 23.1 Å². The molecular formula is C14H15FN2O3. The number of benzene rings is 1. The number of carbonyl (C=O) groups is 2. The van der Waals surface area contributed by atoms with E-state index in [1.54, 1.807) is 6.07 Å². The van der Waals surface area contributed by atoms with Gasteiger partial charge in [0.25, 0.3) is 0 Å². The zero-order valence-electron chi connectivity index (χ0n) is 10.9. The van der Waals surface area contributed by atoms with Gasteiger partial charge in [-0.3, -0.25) is 9.69 Å². The summed E-state index contributed by atoms with van der Waals surface area (Å²) in [5, 5.41) is 8.83. The Balaban J connectivity index is 2.23. The van der Waals surface area contributed by atoms with Crippen LogP contribution in [0.4, 0.5) is 14.9 Å². The normalized spacial score (nSPS) is 12.9. The van der Waals surface area contributed by atoms with Crippen LogP contribution < -0.4 is 4.90 Å². The van der Waals surface area contributed by atoms with Crippen molar-refractivity contribution in [1.82, 2.24) is 4.90 Å². The lowest BCUT2D eigenvalue weighted by Crippen LogP contribution is -2.45. The molecule has 2 amide bonds. The van der Waals surface area contributed by atoms with Gasteiger partial charge in [-0.15, -0.1) is 6.58 Å². The molecule has 0 aliphatic carbocycles. The molecular weight excluding hydrogens is 263 g/mol. The van der Waals surface area contributed by atoms with Gasteiger partial charge in [0.15, 0.2) is 0 Å². The van der Waals surface area contributed by atoms with Gasteiger partial charge in [-0.05, 0) is 24.1 Å². The van der Waals surface area contributed by atoms with E-state index in [2.05, 4.69) is 6.58 Å². The number of urea groups is 1. The predicted molar refractivity (Wildman–Crippen MR) is 72.3 cm³/mol. The average Bonchev–Trinajstić information content (AvgIpc) is 2.79. The fraction of sp³-hybridized carbons (Fsp3) is 0.286. The fourth-order valence-corrected chi connectivity index (χ4v) is 2.25. The molecule has 0 aromatic heterocycles. The first-order valence-corrected chi connectivity index (χ1v) is 6.20.